The maximum atomic E-state index is 12.0. The van der Waals surface area contributed by atoms with Gasteiger partial charge in [-0.1, -0.05) is 0 Å². The smallest absolute Gasteiger partial charge is 0.312 e. The number of piperazine rings is 1. The molecule has 0 aromatic carbocycles. The Balaban J connectivity index is 2.72. The van der Waals surface area contributed by atoms with Crippen molar-refractivity contribution >= 4 is 11.9 Å². The molecule has 0 aromatic rings. The molecule has 1 aliphatic rings. The van der Waals surface area contributed by atoms with E-state index in [-0.39, 0.29) is 17.9 Å². The van der Waals surface area contributed by atoms with Crippen LogP contribution in [0.1, 0.15) is 20.8 Å². The Bertz CT molecular complexity index is 331. The highest BCUT2D eigenvalue weighted by atomic mass is 16.5. The second kappa shape index (κ2) is 6.86. The molecular weight excluding hydrogens is 246 g/mol. The zero-order valence-electron chi connectivity index (χ0n) is 12.3. The second-order valence-electron chi connectivity index (χ2n) is 5.46. The lowest BCUT2D eigenvalue weighted by molar-refractivity contribution is -0.153. The van der Waals surface area contributed by atoms with Crippen LogP contribution in [0.3, 0.4) is 0 Å². The molecule has 0 saturated carbocycles. The van der Waals surface area contributed by atoms with Crippen molar-refractivity contribution < 1.29 is 14.3 Å². The summed E-state index contributed by atoms with van der Waals surface area (Å²) in [6, 6.07) is -0.224. The highest BCUT2D eigenvalue weighted by molar-refractivity contribution is 5.82. The van der Waals surface area contributed by atoms with Crippen LogP contribution in [0.15, 0.2) is 0 Å². The van der Waals surface area contributed by atoms with Gasteiger partial charge >= 0.3 is 5.97 Å². The molecule has 110 valence electrons. The van der Waals surface area contributed by atoms with Crippen molar-refractivity contribution in [2.45, 2.75) is 26.8 Å². The predicted molar refractivity (Wildman–Crippen MR) is 72.7 cm³/mol. The topological polar surface area (TPSA) is 70.7 Å². The molecule has 6 heteroatoms. The van der Waals surface area contributed by atoms with Crippen LogP contribution in [0.5, 0.6) is 0 Å². The van der Waals surface area contributed by atoms with E-state index in [1.807, 2.05) is 20.8 Å². The Morgan fingerprint density at radius 1 is 1.47 bits per heavy atom. The monoisotopic (exact) mass is 271 g/mol. The van der Waals surface area contributed by atoms with E-state index in [2.05, 4.69) is 15.5 Å². The van der Waals surface area contributed by atoms with E-state index in [1.54, 1.807) is 0 Å². The number of methoxy groups -OCH3 is 1. The third kappa shape index (κ3) is 4.18. The van der Waals surface area contributed by atoms with Crippen LogP contribution >= 0.6 is 0 Å². The van der Waals surface area contributed by atoms with E-state index < -0.39 is 5.41 Å². The Kier molecular flexibility index (Phi) is 5.75. The van der Waals surface area contributed by atoms with Gasteiger partial charge in [-0.2, -0.15) is 0 Å². The van der Waals surface area contributed by atoms with E-state index in [1.165, 1.54) is 7.11 Å². The number of nitrogens with one attached hydrogen (secondary N) is 2. The molecule has 1 saturated heterocycles. The summed E-state index contributed by atoms with van der Waals surface area (Å²) >= 11 is 0. The summed E-state index contributed by atoms with van der Waals surface area (Å²) in [6.45, 7) is 8.91. The molecule has 1 unspecified atom stereocenters. The van der Waals surface area contributed by atoms with Crippen LogP contribution in [0.4, 0.5) is 0 Å². The number of rotatable bonds is 5. The minimum Gasteiger partial charge on any atom is -0.469 e. The van der Waals surface area contributed by atoms with Gasteiger partial charge in [-0.05, 0) is 20.8 Å². The van der Waals surface area contributed by atoms with E-state index in [0.717, 1.165) is 13.1 Å². The molecule has 6 nitrogen and oxygen atoms in total. The second-order valence-corrected chi connectivity index (χ2v) is 5.46. The molecule has 1 aliphatic heterocycles. The molecule has 0 radical (unpaired) electrons. The van der Waals surface area contributed by atoms with Gasteiger partial charge in [0.2, 0.25) is 5.91 Å². The van der Waals surface area contributed by atoms with Gasteiger partial charge in [0.15, 0.2) is 0 Å². The number of esters is 1. The van der Waals surface area contributed by atoms with Crippen LogP contribution < -0.4 is 10.6 Å². The number of hydrogen-bond donors (Lipinski definition) is 2. The minimum atomic E-state index is -0.614. The van der Waals surface area contributed by atoms with Crippen molar-refractivity contribution in [2.24, 2.45) is 5.41 Å². The summed E-state index contributed by atoms with van der Waals surface area (Å²) in [5, 5.41) is 6.05. The van der Waals surface area contributed by atoms with Gasteiger partial charge in [-0.3, -0.25) is 14.5 Å². The number of ether oxygens (including phenoxy) is 1. The summed E-state index contributed by atoms with van der Waals surface area (Å²) in [4.78, 5) is 25.8. The molecule has 0 spiro atoms. The first-order valence-electron chi connectivity index (χ1n) is 6.73. The van der Waals surface area contributed by atoms with Gasteiger partial charge in [0.1, 0.15) is 6.04 Å². The highest BCUT2D eigenvalue weighted by Crippen LogP contribution is 2.21. The first kappa shape index (κ1) is 15.9. The zero-order chi connectivity index (χ0) is 14.5. The van der Waals surface area contributed by atoms with Crippen molar-refractivity contribution in [2.75, 3.05) is 39.8 Å². The maximum Gasteiger partial charge on any atom is 0.312 e. The SMILES string of the molecule is CCNC(=O)C1CNCCN1CC(C)(C)C(=O)OC. The molecule has 0 aromatic heterocycles. The van der Waals surface area contributed by atoms with Gasteiger partial charge in [-0.15, -0.1) is 0 Å². The predicted octanol–water partition coefficient (Wildman–Crippen LogP) is -0.404. The molecule has 1 amide bonds. The van der Waals surface area contributed by atoms with E-state index in [0.29, 0.717) is 19.6 Å². The van der Waals surface area contributed by atoms with Crippen molar-refractivity contribution in [3.05, 3.63) is 0 Å². The zero-order valence-corrected chi connectivity index (χ0v) is 12.3. The molecule has 1 heterocycles. The average molecular weight is 271 g/mol. The Hall–Kier alpha value is -1.14. The van der Waals surface area contributed by atoms with Crippen LogP contribution in [-0.4, -0.2) is 62.7 Å². The van der Waals surface area contributed by atoms with Crippen LogP contribution in [0, 0.1) is 5.41 Å². The molecule has 0 aliphatic carbocycles. The third-order valence-electron chi connectivity index (χ3n) is 3.34. The maximum absolute atomic E-state index is 12.0. The quantitative estimate of drug-likeness (QED) is 0.666. The van der Waals surface area contributed by atoms with Gasteiger partial charge in [0.25, 0.3) is 0 Å². The van der Waals surface area contributed by atoms with Gasteiger partial charge < -0.3 is 15.4 Å². The molecular formula is C13H25N3O3. The van der Waals surface area contributed by atoms with Crippen LogP contribution in [0.25, 0.3) is 0 Å². The average Bonchev–Trinajstić information content (AvgIpc) is 2.38. The minimum absolute atomic E-state index is 0.00960. The summed E-state index contributed by atoms with van der Waals surface area (Å²) in [7, 11) is 1.39. The number of carbonyl (C=O) groups excluding carboxylic acids is 2. The Morgan fingerprint density at radius 3 is 2.74 bits per heavy atom. The summed E-state index contributed by atoms with van der Waals surface area (Å²) in [5.74, 6) is -0.240. The molecule has 1 fully saturated rings. The third-order valence-corrected chi connectivity index (χ3v) is 3.34. The van der Waals surface area contributed by atoms with Crippen molar-refractivity contribution in [1.82, 2.24) is 15.5 Å². The van der Waals surface area contributed by atoms with Crippen LogP contribution in [-0.2, 0) is 14.3 Å². The largest absolute Gasteiger partial charge is 0.469 e. The summed E-state index contributed by atoms with van der Waals surface area (Å²) in [5.41, 5.74) is -0.614. The van der Waals surface area contributed by atoms with Crippen molar-refractivity contribution in [3.63, 3.8) is 0 Å². The Labute approximate surface area is 114 Å². The van der Waals surface area contributed by atoms with Gasteiger partial charge in [0.05, 0.1) is 12.5 Å². The van der Waals surface area contributed by atoms with Gasteiger partial charge in [-0.25, -0.2) is 0 Å². The number of nitrogens with zero attached hydrogens (tertiary/aromatic N) is 1. The fourth-order valence-corrected chi connectivity index (χ4v) is 2.33. The Morgan fingerprint density at radius 2 is 2.16 bits per heavy atom. The summed E-state index contributed by atoms with van der Waals surface area (Å²) < 4.78 is 4.82. The highest BCUT2D eigenvalue weighted by Gasteiger charge is 2.36. The lowest BCUT2D eigenvalue weighted by atomic mass is 9.91. The molecule has 1 rings (SSSR count). The number of amides is 1. The number of likely N-dealkylation sites (N-methyl/N-ethyl adjacent to an activating group) is 1. The molecule has 19 heavy (non-hydrogen) atoms. The van der Waals surface area contributed by atoms with Gasteiger partial charge in [0, 0.05) is 32.7 Å². The fraction of sp³-hybridized carbons (Fsp3) is 0.846. The fourth-order valence-electron chi connectivity index (χ4n) is 2.33. The standard InChI is InChI=1S/C13H25N3O3/c1-5-15-11(17)10-8-14-6-7-16(10)9-13(2,3)12(18)19-4/h10,14H,5-9H2,1-4H3,(H,15,17). The van der Waals surface area contributed by atoms with Crippen LogP contribution in [0.2, 0.25) is 0 Å². The summed E-state index contributed by atoms with van der Waals surface area (Å²) in [6.07, 6.45) is 0. The molecule has 2 N–H and O–H groups in total. The first-order chi connectivity index (χ1) is 8.92. The molecule has 0 bridgehead atoms. The number of hydrogen-bond acceptors (Lipinski definition) is 5. The van der Waals surface area contributed by atoms with E-state index >= 15 is 0 Å². The van der Waals surface area contributed by atoms with E-state index in [9.17, 15) is 9.59 Å². The lowest BCUT2D eigenvalue weighted by Crippen LogP contribution is -2.60. The number of carbonyl (C=O) groups is 2. The first-order valence-corrected chi connectivity index (χ1v) is 6.73. The normalized spacial score (nSPS) is 20.9. The van der Waals surface area contributed by atoms with E-state index in [4.69, 9.17) is 4.74 Å². The van der Waals surface area contributed by atoms with Crippen molar-refractivity contribution in [3.8, 4) is 0 Å². The molecule has 1 atom stereocenters. The van der Waals surface area contributed by atoms with Crippen molar-refractivity contribution in [1.29, 1.82) is 0 Å². The lowest BCUT2D eigenvalue weighted by Gasteiger charge is -2.38.